The fraction of sp³-hybridized carbons (Fsp3) is 0.0714. The van der Waals surface area contributed by atoms with Gasteiger partial charge in [0, 0.05) is 23.4 Å². The Bertz CT molecular complexity index is 621. The average molecular weight is 256 g/mol. The van der Waals surface area contributed by atoms with Gasteiger partial charge in [-0.2, -0.15) is 0 Å². The topological polar surface area (TPSA) is 72.2 Å². The van der Waals surface area contributed by atoms with Crippen LogP contribution in [0.5, 0.6) is 0 Å². The Morgan fingerprint density at radius 3 is 2.42 bits per heavy atom. The third kappa shape index (κ3) is 3.16. The first kappa shape index (κ1) is 12.8. The van der Waals surface area contributed by atoms with E-state index in [0.717, 1.165) is 5.56 Å². The lowest BCUT2D eigenvalue weighted by molar-refractivity contribution is -0.384. The molecule has 0 heterocycles. The minimum Gasteiger partial charge on any atom is -0.322 e. The molecule has 1 N–H and O–H groups in total. The zero-order valence-corrected chi connectivity index (χ0v) is 10.3. The predicted molar refractivity (Wildman–Crippen MR) is 72.2 cm³/mol. The first-order valence-electron chi connectivity index (χ1n) is 5.69. The number of nitro groups is 1. The van der Waals surface area contributed by atoms with E-state index in [1.165, 1.54) is 24.3 Å². The third-order valence-corrected chi connectivity index (χ3v) is 2.62. The Hall–Kier alpha value is -2.69. The van der Waals surface area contributed by atoms with Crippen LogP contribution in [-0.4, -0.2) is 10.8 Å². The number of nitrogens with zero attached hydrogens (tertiary/aromatic N) is 1. The molecule has 0 aliphatic rings. The minimum absolute atomic E-state index is 0.0351. The van der Waals surface area contributed by atoms with Gasteiger partial charge in [0.15, 0.2) is 0 Å². The molecule has 0 bridgehead atoms. The molecular formula is C14H12N2O3. The van der Waals surface area contributed by atoms with Crippen molar-refractivity contribution in [3.05, 3.63) is 69.8 Å². The fourth-order valence-corrected chi connectivity index (χ4v) is 1.66. The van der Waals surface area contributed by atoms with E-state index in [0.29, 0.717) is 11.3 Å². The molecule has 2 rings (SSSR count). The zero-order chi connectivity index (χ0) is 13.8. The molecule has 96 valence electrons. The molecule has 0 spiro atoms. The number of hydrogen-bond donors (Lipinski definition) is 1. The van der Waals surface area contributed by atoms with Gasteiger partial charge in [-0.05, 0) is 36.8 Å². The summed E-state index contributed by atoms with van der Waals surface area (Å²) in [6, 6.07) is 12.9. The second-order valence-electron chi connectivity index (χ2n) is 4.13. The molecule has 0 saturated carbocycles. The summed E-state index contributed by atoms with van der Waals surface area (Å²) < 4.78 is 0. The first-order valence-corrected chi connectivity index (χ1v) is 5.69. The number of non-ortho nitro benzene ring substituents is 1. The molecule has 0 unspecified atom stereocenters. The molecule has 2 aromatic carbocycles. The second kappa shape index (κ2) is 5.30. The molecule has 2 aromatic rings. The number of anilines is 1. The maximum atomic E-state index is 11.9. The van der Waals surface area contributed by atoms with E-state index in [9.17, 15) is 14.9 Å². The Morgan fingerprint density at radius 2 is 1.84 bits per heavy atom. The second-order valence-corrected chi connectivity index (χ2v) is 4.13. The Labute approximate surface area is 110 Å². The number of carbonyl (C=O) groups excluding carboxylic acids is 1. The van der Waals surface area contributed by atoms with Crippen LogP contribution in [0, 0.1) is 17.0 Å². The van der Waals surface area contributed by atoms with Gasteiger partial charge in [0.2, 0.25) is 0 Å². The number of benzene rings is 2. The summed E-state index contributed by atoms with van der Waals surface area (Å²) in [5.74, 6) is -0.291. The zero-order valence-electron chi connectivity index (χ0n) is 10.3. The molecule has 1 amide bonds. The highest BCUT2D eigenvalue weighted by molar-refractivity contribution is 6.04. The van der Waals surface area contributed by atoms with Crippen LogP contribution in [0.3, 0.4) is 0 Å². The lowest BCUT2D eigenvalue weighted by atomic mass is 10.1. The van der Waals surface area contributed by atoms with E-state index in [-0.39, 0.29) is 11.6 Å². The molecule has 0 fully saturated rings. The van der Waals surface area contributed by atoms with Gasteiger partial charge in [0.05, 0.1) is 4.92 Å². The summed E-state index contributed by atoms with van der Waals surface area (Å²) in [6.07, 6.45) is 0. The van der Waals surface area contributed by atoms with Crippen LogP contribution in [0.15, 0.2) is 48.5 Å². The SMILES string of the molecule is Cc1cccc(NC(=O)c2ccc([N+](=O)[O-])cc2)c1. The van der Waals surface area contributed by atoms with Crippen LogP contribution >= 0.6 is 0 Å². The van der Waals surface area contributed by atoms with Crippen molar-refractivity contribution in [1.29, 1.82) is 0 Å². The lowest BCUT2D eigenvalue weighted by Crippen LogP contribution is -2.11. The van der Waals surface area contributed by atoms with E-state index in [2.05, 4.69) is 5.32 Å². The van der Waals surface area contributed by atoms with Gasteiger partial charge in [-0.25, -0.2) is 0 Å². The van der Waals surface area contributed by atoms with E-state index in [4.69, 9.17) is 0 Å². The average Bonchev–Trinajstić information content (AvgIpc) is 2.39. The van der Waals surface area contributed by atoms with Crippen molar-refractivity contribution >= 4 is 17.3 Å². The summed E-state index contributed by atoms with van der Waals surface area (Å²) in [4.78, 5) is 21.9. The maximum absolute atomic E-state index is 11.9. The predicted octanol–water partition coefficient (Wildman–Crippen LogP) is 3.16. The van der Waals surface area contributed by atoms with E-state index >= 15 is 0 Å². The maximum Gasteiger partial charge on any atom is 0.269 e. The number of rotatable bonds is 3. The van der Waals surface area contributed by atoms with E-state index < -0.39 is 4.92 Å². The number of amides is 1. The number of nitro benzene ring substituents is 1. The van der Waals surface area contributed by atoms with Gasteiger partial charge in [-0.1, -0.05) is 12.1 Å². The molecule has 5 heteroatoms. The fourth-order valence-electron chi connectivity index (χ4n) is 1.66. The number of nitrogens with one attached hydrogen (secondary N) is 1. The Balaban J connectivity index is 2.14. The molecule has 0 aliphatic heterocycles. The van der Waals surface area contributed by atoms with Crippen LogP contribution in [0.1, 0.15) is 15.9 Å². The van der Waals surface area contributed by atoms with Crippen LogP contribution < -0.4 is 5.32 Å². The van der Waals surface area contributed by atoms with Crippen LogP contribution in [0.25, 0.3) is 0 Å². The normalized spacial score (nSPS) is 9.95. The molecule has 19 heavy (non-hydrogen) atoms. The highest BCUT2D eigenvalue weighted by atomic mass is 16.6. The van der Waals surface area contributed by atoms with Crippen molar-refractivity contribution in [2.45, 2.75) is 6.92 Å². The quantitative estimate of drug-likeness (QED) is 0.677. The standard InChI is InChI=1S/C14H12N2O3/c1-10-3-2-4-12(9-10)15-14(17)11-5-7-13(8-6-11)16(18)19/h2-9H,1H3,(H,15,17). The third-order valence-electron chi connectivity index (χ3n) is 2.62. The van der Waals surface area contributed by atoms with Crippen LogP contribution in [0.4, 0.5) is 11.4 Å². The largest absolute Gasteiger partial charge is 0.322 e. The van der Waals surface area contributed by atoms with E-state index in [1.807, 2.05) is 25.1 Å². The van der Waals surface area contributed by atoms with Crippen LogP contribution in [-0.2, 0) is 0 Å². The molecule has 0 atom stereocenters. The van der Waals surface area contributed by atoms with Gasteiger partial charge in [0.25, 0.3) is 11.6 Å². The Morgan fingerprint density at radius 1 is 1.16 bits per heavy atom. The monoisotopic (exact) mass is 256 g/mol. The molecule has 0 radical (unpaired) electrons. The van der Waals surface area contributed by atoms with E-state index in [1.54, 1.807) is 6.07 Å². The van der Waals surface area contributed by atoms with Gasteiger partial charge in [-0.15, -0.1) is 0 Å². The summed E-state index contributed by atoms with van der Waals surface area (Å²) in [5.41, 5.74) is 2.09. The van der Waals surface area contributed by atoms with Gasteiger partial charge >= 0.3 is 0 Å². The van der Waals surface area contributed by atoms with Gasteiger partial charge < -0.3 is 5.32 Å². The highest BCUT2D eigenvalue weighted by Gasteiger charge is 2.09. The minimum atomic E-state index is -0.498. The summed E-state index contributed by atoms with van der Waals surface area (Å²) in [6.45, 7) is 1.93. The van der Waals surface area contributed by atoms with Crippen molar-refractivity contribution in [3.63, 3.8) is 0 Å². The van der Waals surface area contributed by atoms with Crippen molar-refractivity contribution in [2.24, 2.45) is 0 Å². The lowest BCUT2D eigenvalue weighted by Gasteiger charge is -2.05. The number of aryl methyl sites for hydroxylation is 1. The summed E-state index contributed by atoms with van der Waals surface area (Å²) >= 11 is 0. The number of carbonyl (C=O) groups is 1. The Kier molecular flexibility index (Phi) is 3.56. The molecule has 0 saturated heterocycles. The highest BCUT2D eigenvalue weighted by Crippen LogP contribution is 2.14. The number of hydrogen-bond acceptors (Lipinski definition) is 3. The summed E-state index contributed by atoms with van der Waals surface area (Å²) in [5, 5.41) is 13.3. The van der Waals surface area contributed by atoms with Gasteiger partial charge in [-0.3, -0.25) is 14.9 Å². The van der Waals surface area contributed by atoms with Crippen molar-refractivity contribution in [1.82, 2.24) is 0 Å². The van der Waals surface area contributed by atoms with Crippen molar-refractivity contribution in [3.8, 4) is 0 Å². The first-order chi connectivity index (χ1) is 9.06. The summed E-state index contributed by atoms with van der Waals surface area (Å²) in [7, 11) is 0. The van der Waals surface area contributed by atoms with Crippen LogP contribution in [0.2, 0.25) is 0 Å². The van der Waals surface area contributed by atoms with Crippen molar-refractivity contribution < 1.29 is 9.72 Å². The van der Waals surface area contributed by atoms with Crippen molar-refractivity contribution in [2.75, 3.05) is 5.32 Å². The smallest absolute Gasteiger partial charge is 0.269 e. The molecule has 0 aliphatic carbocycles. The molecular weight excluding hydrogens is 244 g/mol. The molecule has 0 aromatic heterocycles. The molecule has 5 nitrogen and oxygen atoms in total. The van der Waals surface area contributed by atoms with Gasteiger partial charge in [0.1, 0.15) is 0 Å².